The molecule has 0 aliphatic heterocycles. The Bertz CT molecular complexity index is 769. The van der Waals surface area contributed by atoms with Crippen LogP contribution >= 0.6 is 11.6 Å². The van der Waals surface area contributed by atoms with E-state index >= 15 is 0 Å². The molecule has 0 bridgehead atoms. The molecule has 0 radical (unpaired) electrons. The van der Waals surface area contributed by atoms with Gasteiger partial charge in [-0.25, -0.2) is 0 Å². The molecule has 3 rings (SSSR count). The number of halogens is 1. The number of H-pyrrole nitrogens is 1. The summed E-state index contributed by atoms with van der Waals surface area (Å²) >= 11 is 6.02. The highest BCUT2D eigenvalue weighted by molar-refractivity contribution is 6.34. The number of benzene rings is 2. The molecule has 0 atom stereocenters. The van der Waals surface area contributed by atoms with Crippen molar-refractivity contribution in [2.24, 2.45) is 0 Å². The van der Waals surface area contributed by atoms with Crippen LogP contribution in [0, 0.1) is 0 Å². The predicted molar refractivity (Wildman–Crippen MR) is 83.4 cm³/mol. The number of hydrogen-bond donors (Lipinski definition) is 2. The summed E-state index contributed by atoms with van der Waals surface area (Å²) in [6.45, 7) is 0. The number of nitrogens with zero attached hydrogens (tertiary/aromatic N) is 1. The molecule has 3 aromatic rings. The molecule has 1 heterocycles. The largest absolute Gasteiger partial charge is 0.322 e. The summed E-state index contributed by atoms with van der Waals surface area (Å²) in [5.41, 5.74) is 2.99. The molecule has 0 aliphatic rings. The van der Waals surface area contributed by atoms with E-state index < -0.39 is 0 Å². The van der Waals surface area contributed by atoms with Crippen molar-refractivity contribution in [3.8, 4) is 11.3 Å². The Morgan fingerprint density at radius 3 is 2.71 bits per heavy atom. The third-order valence-electron chi connectivity index (χ3n) is 3.05. The molecule has 21 heavy (non-hydrogen) atoms. The Kier molecular flexibility index (Phi) is 3.71. The van der Waals surface area contributed by atoms with Crippen LogP contribution in [0.25, 0.3) is 11.3 Å². The first kappa shape index (κ1) is 13.4. The molecule has 0 saturated carbocycles. The highest BCUT2D eigenvalue weighted by Gasteiger charge is 2.10. The monoisotopic (exact) mass is 297 g/mol. The topological polar surface area (TPSA) is 57.8 Å². The maximum Gasteiger partial charge on any atom is 0.257 e. The van der Waals surface area contributed by atoms with Crippen molar-refractivity contribution in [2.45, 2.75) is 0 Å². The van der Waals surface area contributed by atoms with Gasteiger partial charge >= 0.3 is 0 Å². The third-order valence-corrected chi connectivity index (χ3v) is 3.38. The molecule has 0 unspecified atom stereocenters. The number of anilines is 1. The second-order valence-corrected chi connectivity index (χ2v) is 4.89. The van der Waals surface area contributed by atoms with Gasteiger partial charge in [-0.1, -0.05) is 35.9 Å². The number of nitrogens with one attached hydrogen (secondary N) is 2. The number of amides is 1. The zero-order valence-electron chi connectivity index (χ0n) is 11.0. The van der Waals surface area contributed by atoms with Crippen molar-refractivity contribution in [1.82, 2.24) is 10.2 Å². The lowest BCUT2D eigenvalue weighted by Crippen LogP contribution is -2.12. The van der Waals surface area contributed by atoms with Crippen LogP contribution in [0.3, 0.4) is 0 Å². The molecule has 0 fully saturated rings. The molecule has 0 saturated heterocycles. The Labute approximate surface area is 126 Å². The Hall–Kier alpha value is -2.59. The van der Waals surface area contributed by atoms with Crippen LogP contribution in [0.5, 0.6) is 0 Å². The molecule has 2 N–H and O–H groups in total. The van der Waals surface area contributed by atoms with Gasteiger partial charge in [-0.2, -0.15) is 5.10 Å². The third kappa shape index (κ3) is 2.95. The summed E-state index contributed by atoms with van der Waals surface area (Å²) in [4.78, 5) is 12.2. The van der Waals surface area contributed by atoms with Crippen molar-refractivity contribution in [3.63, 3.8) is 0 Å². The number of carbonyl (C=O) groups excluding carboxylic acids is 1. The van der Waals surface area contributed by atoms with Gasteiger partial charge in [0.15, 0.2) is 0 Å². The zero-order chi connectivity index (χ0) is 14.7. The predicted octanol–water partition coefficient (Wildman–Crippen LogP) is 3.98. The normalized spacial score (nSPS) is 10.3. The van der Waals surface area contributed by atoms with E-state index in [2.05, 4.69) is 15.5 Å². The Morgan fingerprint density at radius 2 is 1.95 bits per heavy atom. The molecule has 1 aromatic heterocycles. The molecule has 104 valence electrons. The van der Waals surface area contributed by atoms with Gasteiger partial charge in [-0.15, -0.1) is 0 Å². The van der Waals surface area contributed by atoms with Crippen LogP contribution in [-0.2, 0) is 0 Å². The first-order valence-corrected chi connectivity index (χ1v) is 6.77. The summed E-state index contributed by atoms with van der Waals surface area (Å²) in [5.74, 6) is -0.234. The van der Waals surface area contributed by atoms with Gasteiger partial charge < -0.3 is 5.32 Å². The number of rotatable bonds is 3. The van der Waals surface area contributed by atoms with Crippen molar-refractivity contribution in [3.05, 3.63) is 71.4 Å². The molecule has 1 amide bonds. The van der Waals surface area contributed by atoms with E-state index in [0.29, 0.717) is 16.3 Å². The first-order valence-electron chi connectivity index (χ1n) is 6.40. The van der Waals surface area contributed by atoms with E-state index in [1.54, 1.807) is 30.5 Å². The molecule has 0 aliphatic carbocycles. The fourth-order valence-electron chi connectivity index (χ4n) is 2.02. The second kappa shape index (κ2) is 5.81. The van der Waals surface area contributed by atoms with Crippen LogP contribution in [-0.4, -0.2) is 16.1 Å². The minimum absolute atomic E-state index is 0.234. The van der Waals surface area contributed by atoms with E-state index in [4.69, 9.17) is 11.6 Å². The summed E-state index contributed by atoms with van der Waals surface area (Å²) in [6.07, 6.45) is 1.68. The number of hydrogen-bond acceptors (Lipinski definition) is 2. The van der Waals surface area contributed by atoms with Gasteiger partial charge in [0.2, 0.25) is 0 Å². The van der Waals surface area contributed by atoms with Gasteiger partial charge in [-0.05, 0) is 30.3 Å². The summed E-state index contributed by atoms with van der Waals surface area (Å²) < 4.78 is 0. The maximum atomic E-state index is 12.2. The summed E-state index contributed by atoms with van der Waals surface area (Å²) in [5, 5.41) is 10.1. The highest BCUT2D eigenvalue weighted by atomic mass is 35.5. The first-order chi connectivity index (χ1) is 10.2. The SMILES string of the molecule is O=C(Nc1cccc(-c2ccn[nH]2)c1)c1ccccc1Cl. The molecule has 2 aromatic carbocycles. The van der Waals surface area contributed by atoms with Crippen LogP contribution < -0.4 is 5.32 Å². The van der Waals surface area contributed by atoms with Crippen LogP contribution in [0.1, 0.15) is 10.4 Å². The highest BCUT2D eigenvalue weighted by Crippen LogP contribution is 2.22. The van der Waals surface area contributed by atoms with E-state index in [1.807, 2.05) is 30.3 Å². The summed E-state index contributed by atoms with van der Waals surface area (Å²) in [6, 6.07) is 16.3. The van der Waals surface area contributed by atoms with Gasteiger partial charge in [-0.3, -0.25) is 9.89 Å². The van der Waals surface area contributed by atoms with Crippen LogP contribution in [0.15, 0.2) is 60.8 Å². The van der Waals surface area contributed by atoms with E-state index in [0.717, 1.165) is 11.3 Å². The van der Waals surface area contributed by atoms with Gasteiger partial charge in [0, 0.05) is 17.4 Å². The number of aromatic amines is 1. The van der Waals surface area contributed by atoms with E-state index in [-0.39, 0.29) is 5.91 Å². The maximum absolute atomic E-state index is 12.2. The molecular weight excluding hydrogens is 286 g/mol. The van der Waals surface area contributed by atoms with Crippen molar-refractivity contribution in [1.29, 1.82) is 0 Å². The lowest BCUT2D eigenvalue weighted by atomic mass is 10.1. The van der Waals surface area contributed by atoms with E-state index in [1.165, 1.54) is 0 Å². The lowest BCUT2D eigenvalue weighted by molar-refractivity contribution is 0.102. The molecule has 0 spiro atoms. The smallest absolute Gasteiger partial charge is 0.257 e. The molecule has 4 nitrogen and oxygen atoms in total. The Morgan fingerprint density at radius 1 is 1.10 bits per heavy atom. The minimum atomic E-state index is -0.234. The van der Waals surface area contributed by atoms with Gasteiger partial charge in [0.05, 0.1) is 16.3 Å². The minimum Gasteiger partial charge on any atom is -0.322 e. The van der Waals surface area contributed by atoms with Gasteiger partial charge in [0.1, 0.15) is 0 Å². The fraction of sp³-hybridized carbons (Fsp3) is 0. The Balaban J connectivity index is 1.84. The second-order valence-electron chi connectivity index (χ2n) is 4.49. The fourth-order valence-corrected chi connectivity index (χ4v) is 2.25. The van der Waals surface area contributed by atoms with Crippen LogP contribution in [0.4, 0.5) is 5.69 Å². The average molecular weight is 298 g/mol. The zero-order valence-corrected chi connectivity index (χ0v) is 11.8. The van der Waals surface area contributed by atoms with Crippen LogP contribution in [0.2, 0.25) is 5.02 Å². The number of aromatic nitrogens is 2. The van der Waals surface area contributed by atoms with Crippen molar-refractivity contribution in [2.75, 3.05) is 5.32 Å². The lowest BCUT2D eigenvalue weighted by Gasteiger charge is -2.08. The van der Waals surface area contributed by atoms with Crippen molar-refractivity contribution >= 4 is 23.2 Å². The quantitative estimate of drug-likeness (QED) is 0.768. The van der Waals surface area contributed by atoms with Crippen molar-refractivity contribution < 1.29 is 4.79 Å². The molecule has 5 heteroatoms. The van der Waals surface area contributed by atoms with E-state index in [9.17, 15) is 4.79 Å². The average Bonchev–Trinajstić information content (AvgIpc) is 3.02. The molecular formula is C16H12ClN3O. The van der Waals surface area contributed by atoms with Gasteiger partial charge in [0.25, 0.3) is 5.91 Å². The standard InChI is InChI=1S/C16H12ClN3O/c17-14-7-2-1-6-13(14)16(21)19-12-5-3-4-11(10-12)15-8-9-18-20-15/h1-10H,(H,18,20)(H,19,21). The number of carbonyl (C=O) groups is 1. The summed E-state index contributed by atoms with van der Waals surface area (Å²) in [7, 11) is 0.